The van der Waals surface area contributed by atoms with Crippen molar-refractivity contribution in [3.05, 3.63) is 0 Å². The summed E-state index contributed by atoms with van der Waals surface area (Å²) in [6.07, 6.45) is 0. The predicted molar refractivity (Wildman–Crippen MR) is 39.8 cm³/mol. The lowest BCUT2D eigenvalue weighted by Gasteiger charge is -1.21. The van der Waals surface area contributed by atoms with Crippen molar-refractivity contribution >= 4 is 0 Å². The average molecular weight is 164 g/mol. The van der Waals surface area contributed by atoms with Crippen LogP contribution in [0.1, 0.15) is 0 Å². The molecular weight excluding hydrogens is 144 g/mol. The van der Waals surface area contributed by atoms with E-state index in [1.807, 2.05) is 0 Å². The highest BCUT2D eigenvalue weighted by molar-refractivity contribution is 3.18. The van der Waals surface area contributed by atoms with Gasteiger partial charge in [-0.1, -0.05) is 0 Å². The van der Waals surface area contributed by atoms with Gasteiger partial charge in [-0.3, -0.25) is 0 Å². The van der Waals surface area contributed by atoms with Crippen LogP contribution in [0.25, 0.3) is 0 Å². The second-order valence-corrected chi connectivity index (χ2v) is 0. The SMILES string of the molecule is CO.CO.CO.CO.O.O. The summed E-state index contributed by atoms with van der Waals surface area (Å²) in [5.74, 6) is 0. The van der Waals surface area contributed by atoms with Gasteiger partial charge in [0.1, 0.15) is 0 Å². The van der Waals surface area contributed by atoms with Crippen LogP contribution >= 0.6 is 0 Å². The minimum Gasteiger partial charge on any atom is -0.412 e. The summed E-state index contributed by atoms with van der Waals surface area (Å²) in [5.41, 5.74) is 0. The van der Waals surface area contributed by atoms with E-state index in [9.17, 15) is 0 Å². The number of hydrogen-bond acceptors (Lipinski definition) is 4. The zero-order valence-corrected chi connectivity index (χ0v) is 6.79. The average Bonchev–Trinajstić information content (AvgIpc) is 2.03. The molecule has 8 N–H and O–H groups in total. The van der Waals surface area contributed by atoms with E-state index in [4.69, 9.17) is 20.4 Å². The molecule has 10 heavy (non-hydrogen) atoms. The molecule has 0 fully saturated rings. The van der Waals surface area contributed by atoms with Crippen LogP contribution in [0.3, 0.4) is 0 Å². The molecule has 0 aromatic rings. The largest absolute Gasteiger partial charge is 0.412 e. The summed E-state index contributed by atoms with van der Waals surface area (Å²) >= 11 is 0. The van der Waals surface area contributed by atoms with Crippen molar-refractivity contribution in [3.63, 3.8) is 0 Å². The van der Waals surface area contributed by atoms with Gasteiger partial charge < -0.3 is 31.4 Å². The molecule has 0 spiro atoms. The summed E-state index contributed by atoms with van der Waals surface area (Å²) in [5, 5.41) is 28.0. The van der Waals surface area contributed by atoms with Crippen LogP contribution in [-0.2, 0) is 0 Å². The summed E-state index contributed by atoms with van der Waals surface area (Å²) in [7, 11) is 4.00. The van der Waals surface area contributed by atoms with Gasteiger partial charge in [0.25, 0.3) is 0 Å². The molecule has 6 nitrogen and oxygen atoms in total. The Balaban J connectivity index is -0.00000000500. The van der Waals surface area contributed by atoms with E-state index in [0.717, 1.165) is 28.4 Å². The second kappa shape index (κ2) is 9160. The Morgan fingerprint density at radius 3 is 0.400 bits per heavy atom. The molecule has 0 saturated heterocycles. The molecule has 0 aromatic carbocycles. The first-order chi connectivity index (χ1) is 4.00. The summed E-state index contributed by atoms with van der Waals surface area (Å²) < 4.78 is 0. The Morgan fingerprint density at radius 2 is 0.400 bits per heavy atom. The molecule has 0 amide bonds. The first-order valence-corrected chi connectivity index (χ1v) is 1.79. The van der Waals surface area contributed by atoms with Gasteiger partial charge in [0.15, 0.2) is 0 Å². The first kappa shape index (κ1) is 53.0. The van der Waals surface area contributed by atoms with Crippen molar-refractivity contribution in [2.45, 2.75) is 0 Å². The Bertz CT molecular complexity index is 9.71. The van der Waals surface area contributed by atoms with Crippen LogP contribution in [0, 0.1) is 0 Å². The molecule has 0 saturated carbocycles. The van der Waals surface area contributed by atoms with Gasteiger partial charge in [-0.15, -0.1) is 0 Å². The third kappa shape index (κ3) is 6160. The van der Waals surface area contributed by atoms with E-state index in [1.54, 1.807) is 0 Å². The van der Waals surface area contributed by atoms with Gasteiger partial charge >= 0.3 is 0 Å². The minimum atomic E-state index is 0. The van der Waals surface area contributed by atoms with Gasteiger partial charge in [0.2, 0.25) is 0 Å². The summed E-state index contributed by atoms with van der Waals surface area (Å²) in [6, 6.07) is 0. The number of rotatable bonds is 0. The smallest absolute Gasteiger partial charge is 0.0319 e. The molecule has 0 unspecified atom stereocenters. The van der Waals surface area contributed by atoms with Gasteiger partial charge in [-0.05, 0) is 0 Å². The van der Waals surface area contributed by atoms with E-state index < -0.39 is 0 Å². The lowest BCUT2D eigenvalue weighted by molar-refractivity contribution is 0.399. The van der Waals surface area contributed by atoms with Gasteiger partial charge in [-0.25, -0.2) is 0 Å². The van der Waals surface area contributed by atoms with Crippen LogP contribution in [-0.4, -0.2) is 59.8 Å². The molecule has 0 aliphatic heterocycles. The quantitative estimate of drug-likeness (QED) is 0.298. The molecule has 72 valence electrons. The molecule has 0 aliphatic rings. The molecule has 0 heterocycles. The third-order valence-corrected chi connectivity index (χ3v) is 0. The Hall–Kier alpha value is -0.240. The van der Waals surface area contributed by atoms with Gasteiger partial charge in [0.05, 0.1) is 0 Å². The highest BCUT2D eigenvalue weighted by Crippen LogP contribution is 0.761. The first-order valence-electron chi connectivity index (χ1n) is 1.79. The standard InChI is InChI=1S/4CH4O.2H2O/c4*1-2;;/h4*2H,1H3;2*1H2. The maximum atomic E-state index is 7.00. The lowest BCUT2D eigenvalue weighted by Crippen LogP contribution is -1.25. The molecule has 6 heteroatoms. The van der Waals surface area contributed by atoms with Crippen molar-refractivity contribution in [1.29, 1.82) is 0 Å². The zero-order valence-electron chi connectivity index (χ0n) is 6.79. The van der Waals surface area contributed by atoms with Crippen molar-refractivity contribution in [3.8, 4) is 0 Å². The van der Waals surface area contributed by atoms with E-state index in [1.165, 1.54) is 0 Å². The molecule has 0 rings (SSSR count). The molecule has 0 atom stereocenters. The number of aliphatic hydroxyl groups excluding tert-OH is 4. The van der Waals surface area contributed by atoms with E-state index in [2.05, 4.69) is 0 Å². The monoisotopic (exact) mass is 164 g/mol. The normalized spacial score (nSPS) is 2.40. The second-order valence-electron chi connectivity index (χ2n) is 0. The number of hydrogen-bond donors (Lipinski definition) is 4. The molecule has 0 bridgehead atoms. The summed E-state index contributed by atoms with van der Waals surface area (Å²) in [4.78, 5) is 0. The highest BCUT2D eigenvalue weighted by atomic mass is 16.2. The van der Waals surface area contributed by atoms with Crippen molar-refractivity contribution in [2.75, 3.05) is 28.4 Å². The maximum Gasteiger partial charge on any atom is 0.0319 e. The van der Waals surface area contributed by atoms with E-state index >= 15 is 0 Å². The van der Waals surface area contributed by atoms with Gasteiger partial charge in [-0.2, -0.15) is 0 Å². The maximum absolute atomic E-state index is 7.00. The lowest BCUT2D eigenvalue weighted by atomic mass is 11.8. The molecular formula is C4H20O6. The van der Waals surface area contributed by atoms with Crippen LogP contribution in [0.4, 0.5) is 0 Å². The van der Waals surface area contributed by atoms with E-state index in [-0.39, 0.29) is 11.0 Å². The van der Waals surface area contributed by atoms with Crippen LogP contribution in [0.2, 0.25) is 0 Å². The third-order valence-electron chi connectivity index (χ3n) is 0. The van der Waals surface area contributed by atoms with Crippen LogP contribution < -0.4 is 0 Å². The Morgan fingerprint density at radius 1 is 0.400 bits per heavy atom. The summed E-state index contributed by atoms with van der Waals surface area (Å²) in [6.45, 7) is 0. The molecule has 0 aliphatic carbocycles. The van der Waals surface area contributed by atoms with Crippen molar-refractivity contribution in [2.24, 2.45) is 0 Å². The molecule has 0 aromatic heterocycles. The molecule has 0 radical (unpaired) electrons. The Labute approximate surface area is 61.0 Å². The van der Waals surface area contributed by atoms with Crippen LogP contribution in [0.15, 0.2) is 0 Å². The fourth-order valence-corrected chi connectivity index (χ4v) is 0. The predicted octanol–water partition coefficient (Wildman–Crippen LogP) is -3.22. The topological polar surface area (TPSA) is 144 Å². The van der Waals surface area contributed by atoms with Crippen molar-refractivity contribution in [1.82, 2.24) is 0 Å². The minimum absolute atomic E-state index is 0. The fraction of sp³-hybridized carbons (Fsp3) is 1.00. The number of aliphatic hydroxyl groups is 4. The Kier molecular flexibility index (Phi) is 48500. The highest BCUT2D eigenvalue weighted by Gasteiger charge is 0.845. The van der Waals surface area contributed by atoms with E-state index in [0.29, 0.717) is 0 Å². The van der Waals surface area contributed by atoms with Crippen molar-refractivity contribution < 1.29 is 31.4 Å². The zero-order chi connectivity index (χ0) is 8.00. The fourth-order valence-electron chi connectivity index (χ4n) is 0. The van der Waals surface area contributed by atoms with Gasteiger partial charge in [0, 0.05) is 28.4 Å². The van der Waals surface area contributed by atoms with Crippen LogP contribution in [0.5, 0.6) is 0 Å².